The van der Waals surface area contributed by atoms with Gasteiger partial charge in [0.2, 0.25) is 0 Å². The standard InChI is InChI=1S/C21H38O3/c1-15(8-6-12-20(4)14-23-19(2,3)24-20)16-10-11-17-18(22)9-7-13-21(16,17)5/h15-18,22H,6-14H2,1-5H3/t15?,16-,17+,18+,20+,21-/m1/s1. The predicted molar refractivity (Wildman–Crippen MR) is 96.7 cm³/mol. The molecule has 0 aromatic heterocycles. The highest BCUT2D eigenvalue weighted by molar-refractivity contribution is 5.01. The maximum atomic E-state index is 10.4. The lowest BCUT2D eigenvalue weighted by Gasteiger charge is -2.45. The van der Waals surface area contributed by atoms with Gasteiger partial charge in [-0.05, 0) is 76.0 Å². The highest BCUT2D eigenvalue weighted by atomic mass is 16.7. The van der Waals surface area contributed by atoms with E-state index in [0.29, 0.717) is 17.9 Å². The van der Waals surface area contributed by atoms with Gasteiger partial charge in [-0.1, -0.05) is 33.1 Å². The van der Waals surface area contributed by atoms with E-state index in [1.165, 1.54) is 38.5 Å². The van der Waals surface area contributed by atoms with Crippen molar-refractivity contribution in [2.75, 3.05) is 6.61 Å². The third-order valence-corrected chi connectivity index (χ3v) is 7.43. The molecule has 3 fully saturated rings. The first-order valence-corrected chi connectivity index (χ1v) is 10.2. The molecule has 24 heavy (non-hydrogen) atoms. The van der Waals surface area contributed by atoms with Crippen molar-refractivity contribution in [2.45, 2.75) is 103 Å². The largest absolute Gasteiger partial charge is 0.393 e. The summed E-state index contributed by atoms with van der Waals surface area (Å²) in [5, 5.41) is 10.4. The molecule has 3 aliphatic rings. The van der Waals surface area contributed by atoms with E-state index in [1.807, 2.05) is 13.8 Å². The molecule has 0 aromatic rings. The van der Waals surface area contributed by atoms with Gasteiger partial charge >= 0.3 is 0 Å². The van der Waals surface area contributed by atoms with Crippen LogP contribution in [0.4, 0.5) is 0 Å². The Morgan fingerprint density at radius 1 is 1.12 bits per heavy atom. The van der Waals surface area contributed by atoms with Gasteiger partial charge in [0.25, 0.3) is 0 Å². The lowest BCUT2D eigenvalue weighted by molar-refractivity contribution is -0.158. The van der Waals surface area contributed by atoms with Gasteiger partial charge in [0, 0.05) is 0 Å². The first-order chi connectivity index (χ1) is 11.2. The van der Waals surface area contributed by atoms with Crippen LogP contribution in [0.3, 0.4) is 0 Å². The van der Waals surface area contributed by atoms with E-state index in [4.69, 9.17) is 9.47 Å². The fourth-order valence-corrected chi connectivity index (χ4v) is 6.23. The number of fused-ring (bicyclic) bond motifs is 1. The highest BCUT2D eigenvalue weighted by Gasteiger charge is 2.52. The molecule has 0 spiro atoms. The summed E-state index contributed by atoms with van der Waals surface area (Å²) < 4.78 is 11.9. The molecule has 0 bridgehead atoms. The fraction of sp³-hybridized carbons (Fsp3) is 1.00. The molecule has 1 heterocycles. The quantitative estimate of drug-likeness (QED) is 0.774. The minimum absolute atomic E-state index is 0.0499. The van der Waals surface area contributed by atoms with Gasteiger partial charge in [0.05, 0.1) is 18.3 Å². The van der Waals surface area contributed by atoms with Crippen molar-refractivity contribution >= 4 is 0 Å². The Bertz CT molecular complexity index is 448. The molecule has 6 atom stereocenters. The monoisotopic (exact) mass is 338 g/mol. The highest BCUT2D eigenvalue weighted by Crippen LogP contribution is 2.58. The predicted octanol–water partition coefficient (Wildman–Crippen LogP) is 4.91. The van der Waals surface area contributed by atoms with Crippen molar-refractivity contribution in [3.63, 3.8) is 0 Å². The van der Waals surface area contributed by atoms with Crippen LogP contribution in [0.5, 0.6) is 0 Å². The van der Waals surface area contributed by atoms with Crippen molar-refractivity contribution in [1.29, 1.82) is 0 Å². The topological polar surface area (TPSA) is 38.7 Å². The first kappa shape index (κ1) is 18.7. The van der Waals surface area contributed by atoms with Crippen LogP contribution in [0.1, 0.15) is 86.0 Å². The van der Waals surface area contributed by atoms with E-state index in [-0.39, 0.29) is 11.7 Å². The van der Waals surface area contributed by atoms with E-state index >= 15 is 0 Å². The van der Waals surface area contributed by atoms with Crippen LogP contribution in [0, 0.1) is 23.2 Å². The second-order valence-electron chi connectivity index (χ2n) is 9.87. The average Bonchev–Trinajstić information content (AvgIpc) is 2.96. The van der Waals surface area contributed by atoms with Gasteiger partial charge in [-0.15, -0.1) is 0 Å². The van der Waals surface area contributed by atoms with Gasteiger partial charge in [0.15, 0.2) is 5.79 Å². The molecule has 140 valence electrons. The molecule has 3 heteroatoms. The molecule has 0 radical (unpaired) electrons. The number of hydrogen-bond donors (Lipinski definition) is 1. The third-order valence-electron chi connectivity index (χ3n) is 7.43. The molecule has 1 N–H and O–H groups in total. The number of ether oxygens (including phenoxy) is 2. The smallest absolute Gasteiger partial charge is 0.163 e. The number of aliphatic hydroxyl groups is 1. The summed E-state index contributed by atoms with van der Waals surface area (Å²) in [6.45, 7) is 11.8. The molecule has 0 aromatic carbocycles. The molecule has 2 saturated carbocycles. The van der Waals surface area contributed by atoms with Crippen LogP contribution in [0.2, 0.25) is 0 Å². The third kappa shape index (κ3) is 3.54. The summed E-state index contributed by atoms with van der Waals surface area (Å²) in [7, 11) is 0. The van der Waals surface area contributed by atoms with E-state index in [9.17, 15) is 5.11 Å². The van der Waals surface area contributed by atoms with Crippen molar-refractivity contribution < 1.29 is 14.6 Å². The van der Waals surface area contributed by atoms with E-state index < -0.39 is 5.79 Å². The molecule has 0 amide bonds. The Morgan fingerprint density at radius 2 is 1.88 bits per heavy atom. The Kier molecular flexibility index (Phi) is 5.10. The normalized spacial score (nSPS) is 46.0. The van der Waals surface area contributed by atoms with Crippen LogP contribution >= 0.6 is 0 Å². The second kappa shape index (κ2) is 6.55. The maximum absolute atomic E-state index is 10.4. The van der Waals surface area contributed by atoms with Crippen LogP contribution < -0.4 is 0 Å². The van der Waals surface area contributed by atoms with Crippen LogP contribution in [-0.2, 0) is 9.47 Å². The van der Waals surface area contributed by atoms with Gasteiger partial charge < -0.3 is 14.6 Å². The van der Waals surface area contributed by atoms with Crippen molar-refractivity contribution in [3.8, 4) is 0 Å². The SMILES string of the molecule is CC(CCC[C@@]1(C)COC(C)(C)O1)[C@H]1CC[C@H]2[C@@H](O)CCC[C@]12C. The summed E-state index contributed by atoms with van der Waals surface area (Å²) in [5.74, 6) is 1.64. The van der Waals surface area contributed by atoms with Crippen molar-refractivity contribution in [1.82, 2.24) is 0 Å². The Morgan fingerprint density at radius 3 is 2.54 bits per heavy atom. The van der Waals surface area contributed by atoms with E-state index in [0.717, 1.165) is 24.7 Å². The van der Waals surface area contributed by atoms with Gasteiger partial charge in [-0.25, -0.2) is 0 Å². The summed E-state index contributed by atoms with van der Waals surface area (Å²) in [4.78, 5) is 0. The Balaban J connectivity index is 1.52. The summed E-state index contributed by atoms with van der Waals surface area (Å²) in [6, 6.07) is 0. The number of rotatable bonds is 5. The van der Waals surface area contributed by atoms with Crippen molar-refractivity contribution in [2.24, 2.45) is 23.2 Å². The minimum Gasteiger partial charge on any atom is -0.393 e. The minimum atomic E-state index is -0.426. The summed E-state index contributed by atoms with van der Waals surface area (Å²) in [6.07, 6.45) is 9.58. The number of aliphatic hydroxyl groups excluding tert-OH is 1. The Hall–Kier alpha value is -0.120. The van der Waals surface area contributed by atoms with Gasteiger partial charge in [0.1, 0.15) is 0 Å². The lowest BCUT2D eigenvalue weighted by Crippen LogP contribution is -2.41. The fourth-order valence-electron chi connectivity index (χ4n) is 6.23. The van der Waals surface area contributed by atoms with Gasteiger partial charge in [-0.3, -0.25) is 0 Å². The molecule has 2 aliphatic carbocycles. The second-order valence-corrected chi connectivity index (χ2v) is 9.87. The maximum Gasteiger partial charge on any atom is 0.163 e. The zero-order valence-corrected chi connectivity index (χ0v) is 16.4. The zero-order chi connectivity index (χ0) is 17.6. The molecule has 3 nitrogen and oxygen atoms in total. The molecule has 3 rings (SSSR count). The van der Waals surface area contributed by atoms with Crippen LogP contribution in [0.25, 0.3) is 0 Å². The molecular weight excluding hydrogens is 300 g/mol. The average molecular weight is 339 g/mol. The molecule has 1 aliphatic heterocycles. The Labute approximate surface area is 148 Å². The van der Waals surface area contributed by atoms with Crippen molar-refractivity contribution in [3.05, 3.63) is 0 Å². The summed E-state index contributed by atoms with van der Waals surface area (Å²) in [5.41, 5.74) is 0.252. The lowest BCUT2D eigenvalue weighted by atomic mass is 9.61. The van der Waals surface area contributed by atoms with E-state index in [1.54, 1.807) is 0 Å². The molecular formula is C21H38O3. The first-order valence-electron chi connectivity index (χ1n) is 10.2. The number of hydrogen-bond acceptors (Lipinski definition) is 3. The zero-order valence-electron chi connectivity index (χ0n) is 16.4. The van der Waals surface area contributed by atoms with Gasteiger partial charge in [-0.2, -0.15) is 0 Å². The van der Waals surface area contributed by atoms with Crippen LogP contribution in [0.15, 0.2) is 0 Å². The molecule has 1 saturated heterocycles. The summed E-state index contributed by atoms with van der Waals surface area (Å²) >= 11 is 0. The molecule has 1 unspecified atom stereocenters. The van der Waals surface area contributed by atoms with Crippen LogP contribution in [-0.4, -0.2) is 29.2 Å². The van der Waals surface area contributed by atoms with E-state index in [2.05, 4.69) is 20.8 Å².